The summed E-state index contributed by atoms with van der Waals surface area (Å²) >= 11 is 0. The number of nitrogen functional groups attached to an aromatic ring is 1. The highest BCUT2D eigenvalue weighted by Gasteiger charge is 2.22. The maximum Gasteiger partial charge on any atom is 0.101 e. The number of nitriles is 1. The van der Waals surface area contributed by atoms with Crippen molar-refractivity contribution in [3.63, 3.8) is 0 Å². The third-order valence-corrected chi connectivity index (χ3v) is 3.59. The molecule has 1 fully saturated rings. The van der Waals surface area contributed by atoms with E-state index in [1.165, 1.54) is 0 Å². The van der Waals surface area contributed by atoms with Gasteiger partial charge in [0, 0.05) is 20.2 Å². The molecule has 0 amide bonds. The molecule has 1 aliphatic heterocycles. The SMILES string of the molecule is COCCOC1CCN(c2c(N)cccc2C#N)CC1. The van der Waals surface area contributed by atoms with Crippen molar-refractivity contribution in [3.8, 4) is 6.07 Å². The fourth-order valence-electron chi connectivity index (χ4n) is 2.55. The molecule has 20 heavy (non-hydrogen) atoms. The monoisotopic (exact) mass is 275 g/mol. The minimum Gasteiger partial charge on any atom is -0.397 e. The summed E-state index contributed by atoms with van der Waals surface area (Å²) in [4.78, 5) is 2.18. The van der Waals surface area contributed by atoms with Gasteiger partial charge in [0.05, 0.1) is 36.3 Å². The Kier molecular flexibility index (Phi) is 5.22. The molecule has 2 rings (SSSR count). The van der Waals surface area contributed by atoms with E-state index in [1.54, 1.807) is 7.11 Å². The van der Waals surface area contributed by atoms with Crippen molar-refractivity contribution in [2.45, 2.75) is 18.9 Å². The Balaban J connectivity index is 1.96. The Morgan fingerprint density at radius 3 is 2.75 bits per heavy atom. The van der Waals surface area contributed by atoms with E-state index < -0.39 is 0 Å². The first kappa shape index (κ1) is 14.6. The summed E-state index contributed by atoms with van der Waals surface area (Å²) in [6.07, 6.45) is 2.17. The van der Waals surface area contributed by atoms with Gasteiger partial charge in [0.15, 0.2) is 0 Å². The fourth-order valence-corrected chi connectivity index (χ4v) is 2.55. The summed E-state index contributed by atoms with van der Waals surface area (Å²) in [5.74, 6) is 0. The molecule has 0 saturated carbocycles. The molecule has 0 bridgehead atoms. The van der Waals surface area contributed by atoms with Gasteiger partial charge >= 0.3 is 0 Å². The Morgan fingerprint density at radius 2 is 2.10 bits per heavy atom. The van der Waals surface area contributed by atoms with Crippen molar-refractivity contribution < 1.29 is 9.47 Å². The Bertz CT molecular complexity index is 476. The highest BCUT2D eigenvalue weighted by molar-refractivity contribution is 5.74. The van der Waals surface area contributed by atoms with Gasteiger partial charge in [-0.05, 0) is 25.0 Å². The lowest BCUT2D eigenvalue weighted by Crippen LogP contribution is -2.38. The molecule has 5 heteroatoms. The molecule has 0 unspecified atom stereocenters. The molecular formula is C15H21N3O2. The van der Waals surface area contributed by atoms with Gasteiger partial charge in [-0.3, -0.25) is 0 Å². The number of piperidine rings is 1. The lowest BCUT2D eigenvalue weighted by Gasteiger charge is -2.34. The zero-order valence-corrected chi connectivity index (χ0v) is 11.8. The molecule has 0 atom stereocenters. The molecule has 1 saturated heterocycles. The fraction of sp³-hybridized carbons (Fsp3) is 0.533. The van der Waals surface area contributed by atoms with Crippen molar-refractivity contribution in [1.29, 1.82) is 5.26 Å². The standard InChI is InChI=1S/C15H21N3O2/c1-19-9-10-20-13-5-7-18(8-6-13)15-12(11-16)3-2-4-14(15)17/h2-4,13H,5-10,17H2,1H3. The molecule has 1 aliphatic rings. The second-order valence-electron chi connectivity index (χ2n) is 4.91. The first-order chi connectivity index (χ1) is 9.76. The summed E-state index contributed by atoms with van der Waals surface area (Å²) in [6.45, 7) is 2.99. The van der Waals surface area contributed by atoms with Gasteiger partial charge in [0.1, 0.15) is 6.07 Å². The molecule has 0 aliphatic carbocycles. The Morgan fingerprint density at radius 1 is 1.35 bits per heavy atom. The molecule has 2 N–H and O–H groups in total. The molecule has 0 radical (unpaired) electrons. The van der Waals surface area contributed by atoms with Gasteiger partial charge in [-0.1, -0.05) is 6.07 Å². The van der Waals surface area contributed by atoms with Gasteiger partial charge in [0.2, 0.25) is 0 Å². The molecule has 108 valence electrons. The average Bonchev–Trinajstić information content (AvgIpc) is 2.48. The predicted molar refractivity (Wildman–Crippen MR) is 78.6 cm³/mol. The van der Waals surface area contributed by atoms with Crippen LogP contribution in [0.1, 0.15) is 18.4 Å². The molecular weight excluding hydrogens is 254 g/mol. The van der Waals surface area contributed by atoms with Crippen LogP contribution in [0.2, 0.25) is 0 Å². The number of anilines is 2. The lowest BCUT2D eigenvalue weighted by atomic mass is 10.0. The molecule has 0 aromatic heterocycles. The Labute approximate surface area is 119 Å². The van der Waals surface area contributed by atoms with E-state index in [9.17, 15) is 5.26 Å². The van der Waals surface area contributed by atoms with Crippen LogP contribution in [0.15, 0.2) is 18.2 Å². The number of para-hydroxylation sites is 1. The zero-order chi connectivity index (χ0) is 14.4. The predicted octanol–water partition coefficient (Wildman–Crippen LogP) is 1.77. The third-order valence-electron chi connectivity index (χ3n) is 3.59. The van der Waals surface area contributed by atoms with E-state index in [2.05, 4.69) is 11.0 Å². The number of hydrogen-bond donors (Lipinski definition) is 1. The van der Waals surface area contributed by atoms with Crippen molar-refractivity contribution in [1.82, 2.24) is 0 Å². The van der Waals surface area contributed by atoms with Crippen molar-refractivity contribution >= 4 is 11.4 Å². The maximum atomic E-state index is 9.20. The van der Waals surface area contributed by atoms with Crippen molar-refractivity contribution in [3.05, 3.63) is 23.8 Å². The molecule has 1 heterocycles. The van der Waals surface area contributed by atoms with Crippen LogP contribution in [0.5, 0.6) is 0 Å². The van der Waals surface area contributed by atoms with E-state index in [1.807, 2.05) is 18.2 Å². The molecule has 1 aromatic rings. The molecule has 5 nitrogen and oxygen atoms in total. The second kappa shape index (κ2) is 7.13. The number of rotatable bonds is 5. The van der Waals surface area contributed by atoms with Gasteiger partial charge in [-0.25, -0.2) is 0 Å². The third kappa shape index (κ3) is 3.41. The van der Waals surface area contributed by atoms with E-state index in [0.29, 0.717) is 24.5 Å². The first-order valence-electron chi connectivity index (χ1n) is 6.90. The number of nitrogens with two attached hydrogens (primary N) is 1. The summed E-state index contributed by atoms with van der Waals surface area (Å²) < 4.78 is 10.7. The number of nitrogens with zero attached hydrogens (tertiary/aromatic N) is 2. The van der Waals surface area contributed by atoms with Crippen LogP contribution in [-0.2, 0) is 9.47 Å². The number of methoxy groups -OCH3 is 1. The first-order valence-corrected chi connectivity index (χ1v) is 6.90. The van der Waals surface area contributed by atoms with E-state index in [0.717, 1.165) is 31.6 Å². The van der Waals surface area contributed by atoms with Crippen LogP contribution in [0.25, 0.3) is 0 Å². The highest BCUT2D eigenvalue weighted by atomic mass is 16.5. The maximum absolute atomic E-state index is 9.20. The summed E-state index contributed by atoms with van der Waals surface area (Å²) in [6, 6.07) is 7.69. The topological polar surface area (TPSA) is 71.5 Å². The summed E-state index contributed by atoms with van der Waals surface area (Å²) in [5, 5.41) is 9.20. The van der Waals surface area contributed by atoms with Crippen molar-refractivity contribution in [2.24, 2.45) is 0 Å². The van der Waals surface area contributed by atoms with Crippen LogP contribution in [0.4, 0.5) is 11.4 Å². The van der Waals surface area contributed by atoms with E-state index in [4.69, 9.17) is 15.2 Å². The van der Waals surface area contributed by atoms with Crippen LogP contribution in [0.3, 0.4) is 0 Å². The second-order valence-corrected chi connectivity index (χ2v) is 4.91. The lowest BCUT2D eigenvalue weighted by molar-refractivity contribution is 0.00611. The average molecular weight is 275 g/mol. The number of ether oxygens (including phenoxy) is 2. The van der Waals surface area contributed by atoms with Crippen molar-refractivity contribution in [2.75, 3.05) is 44.0 Å². The quantitative estimate of drug-likeness (QED) is 0.655. The summed E-state index contributed by atoms with van der Waals surface area (Å²) in [7, 11) is 1.67. The number of benzene rings is 1. The zero-order valence-electron chi connectivity index (χ0n) is 11.8. The minimum atomic E-state index is 0.275. The minimum absolute atomic E-state index is 0.275. The van der Waals surface area contributed by atoms with Gasteiger partial charge in [0.25, 0.3) is 0 Å². The molecule has 0 spiro atoms. The smallest absolute Gasteiger partial charge is 0.101 e. The normalized spacial score (nSPS) is 16.1. The highest BCUT2D eigenvalue weighted by Crippen LogP contribution is 2.30. The van der Waals surface area contributed by atoms with E-state index in [-0.39, 0.29) is 6.10 Å². The van der Waals surface area contributed by atoms with Crippen LogP contribution < -0.4 is 10.6 Å². The largest absolute Gasteiger partial charge is 0.397 e. The van der Waals surface area contributed by atoms with Gasteiger partial charge in [-0.15, -0.1) is 0 Å². The molecule has 1 aromatic carbocycles. The van der Waals surface area contributed by atoms with Crippen LogP contribution in [0, 0.1) is 11.3 Å². The Hall–Kier alpha value is -1.77. The van der Waals surface area contributed by atoms with Gasteiger partial charge < -0.3 is 20.1 Å². The number of hydrogen-bond acceptors (Lipinski definition) is 5. The summed E-state index contributed by atoms with van der Waals surface area (Å²) in [5.41, 5.74) is 8.20. The van der Waals surface area contributed by atoms with Gasteiger partial charge in [-0.2, -0.15) is 5.26 Å². The van der Waals surface area contributed by atoms with Crippen LogP contribution in [-0.4, -0.2) is 39.5 Å². The van der Waals surface area contributed by atoms with E-state index >= 15 is 0 Å². The van der Waals surface area contributed by atoms with Crippen LogP contribution >= 0.6 is 0 Å².